The van der Waals surface area contributed by atoms with Crippen LogP contribution in [0, 0.1) is 6.92 Å². The second-order valence-corrected chi connectivity index (χ2v) is 6.10. The van der Waals surface area contributed by atoms with Crippen LogP contribution in [0.15, 0.2) is 66.7 Å². The zero-order chi connectivity index (χ0) is 18.4. The van der Waals surface area contributed by atoms with Gasteiger partial charge in [-0.15, -0.1) is 10.2 Å². The summed E-state index contributed by atoms with van der Waals surface area (Å²) in [5.74, 6) is 1.03. The van der Waals surface area contributed by atoms with Gasteiger partial charge in [0.15, 0.2) is 11.6 Å². The molecule has 132 valence electrons. The first-order chi connectivity index (χ1) is 12.7. The third-order valence-corrected chi connectivity index (χ3v) is 4.13. The van der Waals surface area contributed by atoms with E-state index >= 15 is 0 Å². The number of carbonyl (C=O) groups is 1. The van der Waals surface area contributed by atoms with Gasteiger partial charge < -0.3 is 10.2 Å². The number of amides is 1. The van der Waals surface area contributed by atoms with Crippen LogP contribution in [-0.2, 0) is 6.54 Å². The largest absolute Gasteiger partial charge is 0.351 e. The molecule has 26 heavy (non-hydrogen) atoms. The van der Waals surface area contributed by atoms with Crippen molar-refractivity contribution in [3.8, 4) is 0 Å². The first-order valence-corrected chi connectivity index (χ1v) is 8.66. The van der Waals surface area contributed by atoms with Crippen molar-refractivity contribution in [2.75, 3.05) is 16.8 Å². The zero-order valence-electron chi connectivity index (χ0n) is 15.0. The van der Waals surface area contributed by atoms with Crippen molar-refractivity contribution in [1.82, 2.24) is 10.2 Å². The van der Waals surface area contributed by atoms with E-state index in [1.807, 2.05) is 43.3 Å². The second-order valence-electron chi connectivity index (χ2n) is 6.10. The second kappa shape index (κ2) is 8.25. The van der Waals surface area contributed by atoms with Crippen LogP contribution in [0.2, 0.25) is 0 Å². The lowest BCUT2D eigenvalue weighted by atomic mass is 10.1. The molecular formula is C21H22N4O. The molecular weight excluding hydrogens is 324 g/mol. The Morgan fingerprint density at radius 2 is 1.69 bits per heavy atom. The molecule has 5 heteroatoms. The molecule has 0 saturated heterocycles. The fourth-order valence-electron chi connectivity index (χ4n) is 2.61. The highest BCUT2D eigenvalue weighted by Crippen LogP contribution is 2.15. The topological polar surface area (TPSA) is 58.1 Å². The van der Waals surface area contributed by atoms with Gasteiger partial charge >= 0.3 is 0 Å². The van der Waals surface area contributed by atoms with Crippen molar-refractivity contribution >= 4 is 17.5 Å². The normalized spacial score (nSPS) is 10.4. The van der Waals surface area contributed by atoms with Crippen LogP contribution in [0.1, 0.15) is 28.4 Å². The number of hydrogen-bond donors (Lipinski definition) is 1. The number of aryl methyl sites for hydroxylation is 1. The molecule has 0 spiro atoms. The average molecular weight is 346 g/mol. The van der Waals surface area contributed by atoms with Gasteiger partial charge in [0.1, 0.15) is 0 Å². The average Bonchev–Trinajstić information content (AvgIpc) is 2.68. The third-order valence-electron chi connectivity index (χ3n) is 4.13. The number of rotatable bonds is 6. The summed E-state index contributed by atoms with van der Waals surface area (Å²) >= 11 is 0. The minimum absolute atomic E-state index is 0.191. The summed E-state index contributed by atoms with van der Waals surface area (Å²) < 4.78 is 0. The molecule has 3 aromatic rings. The van der Waals surface area contributed by atoms with Gasteiger partial charge in [0.25, 0.3) is 5.91 Å². The zero-order valence-corrected chi connectivity index (χ0v) is 15.0. The van der Waals surface area contributed by atoms with Crippen molar-refractivity contribution < 1.29 is 4.79 Å². The van der Waals surface area contributed by atoms with Crippen LogP contribution < -0.4 is 10.2 Å². The van der Waals surface area contributed by atoms with E-state index in [9.17, 15) is 4.79 Å². The van der Waals surface area contributed by atoms with Crippen LogP contribution in [0.25, 0.3) is 0 Å². The monoisotopic (exact) mass is 346 g/mol. The maximum atomic E-state index is 12.3. The fraction of sp³-hybridized carbons (Fsp3) is 0.190. The molecule has 0 fully saturated rings. The van der Waals surface area contributed by atoms with Crippen LogP contribution in [0.4, 0.5) is 11.6 Å². The predicted molar refractivity (Wildman–Crippen MR) is 104 cm³/mol. The van der Waals surface area contributed by atoms with Crippen LogP contribution in [0.5, 0.6) is 0 Å². The highest BCUT2D eigenvalue weighted by Gasteiger charge is 2.10. The van der Waals surface area contributed by atoms with Gasteiger partial charge in [0, 0.05) is 18.7 Å². The molecule has 0 saturated carbocycles. The predicted octanol–water partition coefficient (Wildman–Crippen LogP) is 4.06. The van der Waals surface area contributed by atoms with Crippen molar-refractivity contribution in [2.24, 2.45) is 0 Å². The molecule has 0 atom stereocenters. The maximum absolute atomic E-state index is 12.3. The summed E-state index contributed by atoms with van der Waals surface area (Å²) in [6.45, 7) is 5.65. The molecule has 1 amide bonds. The Hall–Kier alpha value is -3.21. The Bertz CT molecular complexity index is 845. The number of carbonyl (C=O) groups excluding carboxylic acids is 1. The van der Waals surface area contributed by atoms with E-state index in [2.05, 4.69) is 39.5 Å². The summed E-state index contributed by atoms with van der Waals surface area (Å²) in [4.78, 5) is 14.4. The van der Waals surface area contributed by atoms with Crippen LogP contribution in [0.3, 0.4) is 0 Å². The summed E-state index contributed by atoms with van der Waals surface area (Å²) in [5, 5.41) is 11.2. The lowest BCUT2D eigenvalue weighted by molar-refractivity contribution is 0.102. The number of nitrogens with zero attached hydrogens (tertiary/aromatic N) is 3. The molecule has 3 rings (SSSR count). The summed E-state index contributed by atoms with van der Waals surface area (Å²) in [6, 6.07) is 21.3. The molecule has 0 bridgehead atoms. The van der Waals surface area contributed by atoms with Gasteiger partial charge in [-0.05, 0) is 43.7 Å². The highest BCUT2D eigenvalue weighted by atomic mass is 16.1. The van der Waals surface area contributed by atoms with Crippen molar-refractivity contribution in [3.05, 3.63) is 83.4 Å². The highest BCUT2D eigenvalue weighted by molar-refractivity contribution is 6.03. The Morgan fingerprint density at radius 1 is 0.962 bits per heavy atom. The molecule has 0 aliphatic carbocycles. The molecule has 0 aliphatic rings. The molecule has 1 heterocycles. The SMILES string of the molecule is CCN(Cc1ccccc1)c1ccc(NC(=O)c2ccc(C)cc2)nn1. The lowest BCUT2D eigenvalue weighted by Crippen LogP contribution is -2.23. The summed E-state index contributed by atoms with van der Waals surface area (Å²) in [5.41, 5.74) is 2.93. The molecule has 0 aliphatic heterocycles. The quantitative estimate of drug-likeness (QED) is 0.731. The van der Waals surface area contributed by atoms with Gasteiger partial charge in [-0.1, -0.05) is 48.0 Å². The first kappa shape index (κ1) is 17.6. The van der Waals surface area contributed by atoms with Gasteiger partial charge in [-0.2, -0.15) is 0 Å². The van der Waals surface area contributed by atoms with Crippen molar-refractivity contribution in [1.29, 1.82) is 0 Å². The van der Waals surface area contributed by atoms with Gasteiger partial charge in [0.2, 0.25) is 0 Å². The Kier molecular flexibility index (Phi) is 5.59. The van der Waals surface area contributed by atoms with E-state index in [0.29, 0.717) is 11.4 Å². The molecule has 2 aromatic carbocycles. The Morgan fingerprint density at radius 3 is 2.31 bits per heavy atom. The van der Waals surface area contributed by atoms with Gasteiger partial charge in [0.05, 0.1) is 0 Å². The first-order valence-electron chi connectivity index (χ1n) is 8.66. The smallest absolute Gasteiger partial charge is 0.256 e. The molecule has 5 nitrogen and oxygen atoms in total. The van der Waals surface area contributed by atoms with Gasteiger partial charge in [-0.25, -0.2) is 0 Å². The van der Waals surface area contributed by atoms with E-state index in [1.165, 1.54) is 5.56 Å². The minimum atomic E-state index is -0.191. The van der Waals surface area contributed by atoms with Crippen LogP contribution >= 0.6 is 0 Å². The molecule has 1 N–H and O–H groups in total. The molecule has 0 radical (unpaired) electrons. The number of hydrogen-bond acceptors (Lipinski definition) is 4. The molecule has 0 unspecified atom stereocenters. The molecule has 1 aromatic heterocycles. The third kappa shape index (κ3) is 4.45. The standard InChI is InChI=1S/C21H22N4O/c1-3-25(15-17-7-5-4-6-8-17)20-14-13-19(23-24-20)22-21(26)18-11-9-16(2)10-12-18/h4-14H,3,15H2,1-2H3,(H,22,23,26). The number of aromatic nitrogens is 2. The van der Waals surface area contributed by atoms with E-state index in [1.54, 1.807) is 18.2 Å². The number of anilines is 2. The van der Waals surface area contributed by atoms with Crippen LogP contribution in [-0.4, -0.2) is 22.6 Å². The maximum Gasteiger partial charge on any atom is 0.256 e. The summed E-state index contributed by atoms with van der Waals surface area (Å²) in [6.07, 6.45) is 0. The van der Waals surface area contributed by atoms with E-state index in [0.717, 1.165) is 24.5 Å². The fourth-order valence-corrected chi connectivity index (χ4v) is 2.61. The Labute approximate surface area is 153 Å². The summed E-state index contributed by atoms with van der Waals surface area (Å²) in [7, 11) is 0. The van der Waals surface area contributed by atoms with Crippen molar-refractivity contribution in [2.45, 2.75) is 20.4 Å². The van der Waals surface area contributed by atoms with E-state index in [-0.39, 0.29) is 5.91 Å². The number of nitrogens with one attached hydrogen (secondary N) is 1. The van der Waals surface area contributed by atoms with Gasteiger partial charge in [-0.3, -0.25) is 4.79 Å². The van der Waals surface area contributed by atoms with Crippen molar-refractivity contribution in [3.63, 3.8) is 0 Å². The van der Waals surface area contributed by atoms with E-state index in [4.69, 9.17) is 0 Å². The van der Waals surface area contributed by atoms with E-state index < -0.39 is 0 Å². The minimum Gasteiger partial charge on any atom is -0.351 e. The number of benzene rings is 2. The Balaban J connectivity index is 1.67. The lowest BCUT2D eigenvalue weighted by Gasteiger charge is -2.21.